The van der Waals surface area contributed by atoms with Gasteiger partial charge in [0.2, 0.25) is 20.0 Å². The molecule has 0 atom stereocenters. The number of piperazine rings is 1. The van der Waals surface area contributed by atoms with Crippen LogP contribution in [0.3, 0.4) is 0 Å². The Labute approximate surface area is 138 Å². The molecule has 0 N–H and O–H groups in total. The van der Waals surface area contributed by atoms with Crippen molar-refractivity contribution in [3.8, 4) is 0 Å². The Morgan fingerprint density at radius 3 is 2.17 bits per heavy atom. The lowest BCUT2D eigenvalue weighted by atomic mass is 10.2. The molecule has 0 radical (unpaired) electrons. The van der Waals surface area contributed by atoms with Crippen molar-refractivity contribution in [1.29, 1.82) is 0 Å². The Hall–Kier alpha value is -0.960. The Kier molecular flexibility index (Phi) is 4.52. The smallest absolute Gasteiger partial charge is 0.212 e. The average molecular weight is 358 g/mol. The molecule has 128 valence electrons. The molecular formula is C15H22N2O4S2. The fourth-order valence-electron chi connectivity index (χ4n) is 2.88. The Balaban J connectivity index is 1.64. The van der Waals surface area contributed by atoms with Gasteiger partial charge in [-0.15, -0.1) is 0 Å². The van der Waals surface area contributed by atoms with Crippen molar-refractivity contribution in [1.82, 2.24) is 8.61 Å². The second-order valence-corrected chi connectivity index (χ2v) is 10.5. The van der Waals surface area contributed by atoms with E-state index in [1.165, 1.54) is 8.61 Å². The molecule has 1 aromatic carbocycles. The predicted molar refractivity (Wildman–Crippen MR) is 88.9 cm³/mol. The number of nitrogens with zero attached hydrogens (tertiary/aromatic N) is 2. The van der Waals surface area contributed by atoms with Gasteiger partial charge in [0.1, 0.15) is 0 Å². The van der Waals surface area contributed by atoms with E-state index in [0.717, 1.165) is 24.0 Å². The highest BCUT2D eigenvalue weighted by atomic mass is 32.2. The number of rotatable bonds is 5. The quantitative estimate of drug-likeness (QED) is 0.785. The third-order valence-corrected chi connectivity index (χ3v) is 8.58. The molecule has 6 nitrogen and oxygen atoms in total. The second kappa shape index (κ2) is 6.16. The van der Waals surface area contributed by atoms with Gasteiger partial charge in [-0.25, -0.2) is 16.8 Å². The SMILES string of the molecule is Cc1cccc(CS(=O)(=O)N2CCN(S(=O)(=O)C3CC3)CC2)c1. The van der Waals surface area contributed by atoms with Gasteiger partial charge in [-0.3, -0.25) is 0 Å². The van der Waals surface area contributed by atoms with Crippen molar-refractivity contribution < 1.29 is 16.8 Å². The van der Waals surface area contributed by atoms with E-state index in [4.69, 9.17) is 0 Å². The molecule has 1 aliphatic heterocycles. The molecule has 3 rings (SSSR count). The number of hydrogen-bond acceptors (Lipinski definition) is 4. The standard InChI is InChI=1S/C15H22N2O4S2/c1-13-3-2-4-14(11-13)12-22(18,19)16-7-9-17(10-8-16)23(20,21)15-5-6-15/h2-4,11,15H,5-10,12H2,1H3. The molecule has 1 saturated heterocycles. The molecule has 0 unspecified atom stereocenters. The van der Waals surface area contributed by atoms with Gasteiger partial charge in [-0.05, 0) is 25.3 Å². The lowest BCUT2D eigenvalue weighted by Gasteiger charge is -2.33. The van der Waals surface area contributed by atoms with Crippen LogP contribution in [0.15, 0.2) is 24.3 Å². The van der Waals surface area contributed by atoms with Crippen LogP contribution in [0.4, 0.5) is 0 Å². The topological polar surface area (TPSA) is 74.8 Å². The van der Waals surface area contributed by atoms with Crippen LogP contribution in [0.2, 0.25) is 0 Å². The van der Waals surface area contributed by atoms with Gasteiger partial charge in [0.05, 0.1) is 11.0 Å². The molecule has 23 heavy (non-hydrogen) atoms. The van der Waals surface area contributed by atoms with Gasteiger partial charge in [0, 0.05) is 26.2 Å². The molecule has 8 heteroatoms. The zero-order valence-corrected chi connectivity index (χ0v) is 14.8. The van der Waals surface area contributed by atoms with Crippen molar-refractivity contribution in [2.45, 2.75) is 30.8 Å². The van der Waals surface area contributed by atoms with Crippen LogP contribution >= 0.6 is 0 Å². The summed E-state index contributed by atoms with van der Waals surface area (Å²) in [5, 5.41) is -0.238. The van der Waals surface area contributed by atoms with E-state index in [0.29, 0.717) is 0 Å². The first-order chi connectivity index (χ1) is 10.8. The highest BCUT2D eigenvalue weighted by Crippen LogP contribution is 2.31. The largest absolute Gasteiger partial charge is 0.218 e. The van der Waals surface area contributed by atoms with Crippen molar-refractivity contribution >= 4 is 20.0 Å². The molecule has 1 saturated carbocycles. The Morgan fingerprint density at radius 2 is 1.61 bits per heavy atom. The van der Waals surface area contributed by atoms with Crippen molar-refractivity contribution in [2.24, 2.45) is 0 Å². The summed E-state index contributed by atoms with van der Waals surface area (Å²) in [5.41, 5.74) is 1.79. The van der Waals surface area contributed by atoms with Crippen LogP contribution in [0.25, 0.3) is 0 Å². The van der Waals surface area contributed by atoms with Crippen molar-refractivity contribution in [3.63, 3.8) is 0 Å². The minimum Gasteiger partial charge on any atom is -0.212 e. The maximum absolute atomic E-state index is 12.5. The zero-order chi connectivity index (χ0) is 16.7. The first-order valence-corrected chi connectivity index (χ1v) is 10.9. The summed E-state index contributed by atoms with van der Waals surface area (Å²) in [6.07, 6.45) is 1.46. The summed E-state index contributed by atoms with van der Waals surface area (Å²) in [5.74, 6) is -0.0376. The molecule has 2 aliphatic rings. The maximum atomic E-state index is 12.5. The molecule has 0 aromatic heterocycles. The normalized spacial score (nSPS) is 21.4. The Bertz CT molecular complexity index is 777. The van der Waals surface area contributed by atoms with E-state index < -0.39 is 20.0 Å². The highest BCUT2D eigenvalue weighted by Gasteiger charge is 2.41. The molecule has 0 spiro atoms. The summed E-state index contributed by atoms with van der Waals surface area (Å²) in [6.45, 7) is 2.91. The minimum absolute atomic E-state index is 0.0376. The van der Waals surface area contributed by atoms with Crippen LogP contribution < -0.4 is 0 Å². The summed E-state index contributed by atoms with van der Waals surface area (Å²) in [7, 11) is -6.63. The number of benzene rings is 1. The lowest BCUT2D eigenvalue weighted by molar-refractivity contribution is 0.272. The zero-order valence-electron chi connectivity index (χ0n) is 13.2. The van der Waals surface area contributed by atoms with E-state index >= 15 is 0 Å². The van der Waals surface area contributed by atoms with E-state index in [1.807, 2.05) is 25.1 Å². The van der Waals surface area contributed by atoms with Crippen molar-refractivity contribution in [3.05, 3.63) is 35.4 Å². The van der Waals surface area contributed by atoms with E-state index in [-0.39, 0.29) is 37.2 Å². The van der Waals surface area contributed by atoms with Gasteiger partial charge in [-0.2, -0.15) is 8.61 Å². The summed E-state index contributed by atoms with van der Waals surface area (Å²) in [6, 6.07) is 7.45. The molecule has 0 amide bonds. The molecule has 1 heterocycles. The van der Waals surface area contributed by atoms with Crippen molar-refractivity contribution in [2.75, 3.05) is 26.2 Å². The van der Waals surface area contributed by atoms with Crippen LogP contribution in [0.5, 0.6) is 0 Å². The first-order valence-electron chi connectivity index (χ1n) is 7.81. The predicted octanol–water partition coefficient (Wildman–Crippen LogP) is 0.935. The maximum Gasteiger partial charge on any atom is 0.218 e. The first kappa shape index (κ1) is 16.9. The van der Waals surface area contributed by atoms with E-state index in [9.17, 15) is 16.8 Å². The Morgan fingerprint density at radius 1 is 1.00 bits per heavy atom. The van der Waals surface area contributed by atoms with E-state index in [1.54, 1.807) is 6.07 Å². The third kappa shape index (κ3) is 3.76. The monoisotopic (exact) mass is 358 g/mol. The van der Waals surface area contributed by atoms with Crippen LogP contribution in [-0.2, 0) is 25.8 Å². The van der Waals surface area contributed by atoms with E-state index in [2.05, 4.69) is 0 Å². The van der Waals surface area contributed by atoms with Gasteiger partial charge < -0.3 is 0 Å². The third-order valence-electron chi connectivity index (χ3n) is 4.33. The molecule has 0 bridgehead atoms. The van der Waals surface area contributed by atoms with Crippen LogP contribution in [0.1, 0.15) is 24.0 Å². The molecule has 1 aromatic rings. The summed E-state index contributed by atoms with van der Waals surface area (Å²) in [4.78, 5) is 0. The second-order valence-electron chi connectivity index (χ2n) is 6.29. The number of hydrogen-bond donors (Lipinski definition) is 0. The van der Waals surface area contributed by atoms with Gasteiger partial charge in [0.15, 0.2) is 0 Å². The summed E-state index contributed by atoms with van der Waals surface area (Å²) < 4.78 is 52.3. The highest BCUT2D eigenvalue weighted by molar-refractivity contribution is 7.90. The average Bonchev–Trinajstić information content (AvgIpc) is 3.32. The molecule has 1 aliphatic carbocycles. The van der Waals surface area contributed by atoms with Gasteiger partial charge in [-0.1, -0.05) is 29.8 Å². The molecular weight excluding hydrogens is 336 g/mol. The fraction of sp³-hybridized carbons (Fsp3) is 0.600. The fourth-order valence-corrected chi connectivity index (χ4v) is 6.21. The van der Waals surface area contributed by atoms with Crippen LogP contribution in [-0.4, -0.2) is 56.9 Å². The van der Waals surface area contributed by atoms with Crippen LogP contribution in [0, 0.1) is 6.92 Å². The number of aryl methyl sites for hydroxylation is 1. The minimum atomic E-state index is -3.41. The van der Waals surface area contributed by atoms with Gasteiger partial charge in [0.25, 0.3) is 0 Å². The summed E-state index contributed by atoms with van der Waals surface area (Å²) >= 11 is 0. The molecule has 2 fully saturated rings. The lowest BCUT2D eigenvalue weighted by Crippen LogP contribution is -2.51. The number of sulfonamides is 2. The van der Waals surface area contributed by atoms with Gasteiger partial charge >= 0.3 is 0 Å².